The normalized spacial score (nSPS) is 12.1. The van der Waals surface area contributed by atoms with Crippen molar-refractivity contribution in [3.05, 3.63) is 42.4 Å². The number of alkyl halides is 2. The van der Waals surface area contributed by atoms with Crippen molar-refractivity contribution >= 4 is 37.8 Å². The van der Waals surface area contributed by atoms with Crippen LogP contribution in [0.3, 0.4) is 0 Å². The Hall–Kier alpha value is -3.21. The highest BCUT2D eigenvalue weighted by Crippen LogP contribution is 2.29. The number of benzene rings is 1. The summed E-state index contributed by atoms with van der Waals surface area (Å²) in [5.74, 6) is -0.384. The largest absolute Gasteiger partial charge is 0.481 e. The SMILES string of the molecule is COc1nc(NS(=O)(=O)c2c[nH]c3c2ccc2cc[nH]c23)ncc1CC(F)F. The van der Waals surface area contributed by atoms with Gasteiger partial charge < -0.3 is 14.7 Å². The van der Waals surface area contributed by atoms with Crippen molar-refractivity contribution in [2.45, 2.75) is 17.7 Å². The van der Waals surface area contributed by atoms with Crippen molar-refractivity contribution in [2.24, 2.45) is 0 Å². The Morgan fingerprint density at radius 3 is 2.79 bits per heavy atom. The second-order valence-corrected chi connectivity index (χ2v) is 7.66. The molecule has 0 amide bonds. The summed E-state index contributed by atoms with van der Waals surface area (Å²) < 4.78 is 58.1. The van der Waals surface area contributed by atoms with Gasteiger partial charge >= 0.3 is 0 Å². The molecule has 28 heavy (non-hydrogen) atoms. The number of aromatic amines is 2. The summed E-state index contributed by atoms with van der Waals surface area (Å²) in [6.07, 6.45) is 1.06. The fourth-order valence-electron chi connectivity index (χ4n) is 3.02. The van der Waals surface area contributed by atoms with E-state index in [0.29, 0.717) is 10.9 Å². The van der Waals surface area contributed by atoms with Crippen molar-refractivity contribution < 1.29 is 21.9 Å². The minimum Gasteiger partial charge on any atom is -0.481 e. The Kier molecular flexibility index (Phi) is 4.38. The van der Waals surface area contributed by atoms with E-state index in [0.717, 1.165) is 17.1 Å². The number of nitrogens with zero attached hydrogens (tertiary/aromatic N) is 2. The third-order valence-corrected chi connectivity index (χ3v) is 5.62. The lowest BCUT2D eigenvalue weighted by Crippen LogP contribution is -2.15. The van der Waals surface area contributed by atoms with E-state index in [1.54, 1.807) is 18.3 Å². The number of aromatic nitrogens is 4. The summed E-state index contributed by atoms with van der Waals surface area (Å²) >= 11 is 0. The molecule has 0 aliphatic heterocycles. The molecule has 11 heteroatoms. The summed E-state index contributed by atoms with van der Waals surface area (Å²) in [7, 11) is -2.77. The molecule has 0 spiro atoms. The van der Waals surface area contributed by atoms with Crippen LogP contribution in [0, 0.1) is 0 Å². The Balaban J connectivity index is 1.70. The number of methoxy groups -OCH3 is 1. The molecule has 4 rings (SSSR count). The molecule has 0 atom stereocenters. The summed E-state index contributed by atoms with van der Waals surface area (Å²) in [4.78, 5) is 13.8. The number of halogens is 2. The smallest absolute Gasteiger partial charge is 0.266 e. The number of rotatable bonds is 6. The molecule has 0 radical (unpaired) electrons. The highest BCUT2D eigenvalue weighted by molar-refractivity contribution is 7.93. The fourth-order valence-corrected chi connectivity index (χ4v) is 4.14. The van der Waals surface area contributed by atoms with E-state index in [4.69, 9.17) is 4.74 Å². The topological polar surface area (TPSA) is 113 Å². The van der Waals surface area contributed by atoms with E-state index in [1.165, 1.54) is 13.3 Å². The second-order valence-electron chi connectivity index (χ2n) is 6.01. The number of ether oxygens (including phenoxy) is 1. The molecule has 0 saturated carbocycles. The van der Waals surface area contributed by atoms with Crippen LogP contribution in [0.2, 0.25) is 0 Å². The van der Waals surface area contributed by atoms with Gasteiger partial charge in [0.25, 0.3) is 10.0 Å². The van der Waals surface area contributed by atoms with Gasteiger partial charge in [-0.05, 0) is 6.07 Å². The van der Waals surface area contributed by atoms with Crippen LogP contribution in [-0.4, -0.2) is 41.9 Å². The average Bonchev–Trinajstić information content (AvgIpc) is 3.28. The molecule has 0 aliphatic carbocycles. The second kappa shape index (κ2) is 6.75. The zero-order valence-electron chi connectivity index (χ0n) is 14.5. The third kappa shape index (κ3) is 3.13. The third-order valence-electron chi connectivity index (χ3n) is 4.25. The molecule has 0 saturated heterocycles. The predicted octanol–water partition coefficient (Wildman–Crippen LogP) is 3.06. The maximum Gasteiger partial charge on any atom is 0.266 e. The molecule has 0 unspecified atom stereocenters. The zero-order chi connectivity index (χ0) is 19.9. The lowest BCUT2D eigenvalue weighted by atomic mass is 10.2. The molecule has 0 aliphatic rings. The van der Waals surface area contributed by atoms with E-state index < -0.39 is 22.9 Å². The molecular formula is C17H15F2N5O3S. The van der Waals surface area contributed by atoms with Crippen LogP contribution in [0.5, 0.6) is 5.88 Å². The average molecular weight is 407 g/mol. The zero-order valence-corrected chi connectivity index (χ0v) is 15.3. The summed E-state index contributed by atoms with van der Waals surface area (Å²) in [6.45, 7) is 0. The van der Waals surface area contributed by atoms with Gasteiger partial charge in [0.2, 0.25) is 18.3 Å². The van der Waals surface area contributed by atoms with Gasteiger partial charge in [-0.25, -0.2) is 26.9 Å². The van der Waals surface area contributed by atoms with Crippen LogP contribution < -0.4 is 9.46 Å². The van der Waals surface area contributed by atoms with E-state index in [1.807, 2.05) is 6.07 Å². The van der Waals surface area contributed by atoms with Crippen molar-refractivity contribution in [1.82, 2.24) is 19.9 Å². The first-order chi connectivity index (χ1) is 13.4. The van der Waals surface area contributed by atoms with E-state index in [9.17, 15) is 17.2 Å². The quantitative estimate of drug-likeness (QED) is 0.455. The predicted molar refractivity (Wildman–Crippen MR) is 99.3 cm³/mol. The molecule has 0 bridgehead atoms. The first-order valence-corrected chi connectivity index (χ1v) is 9.65. The van der Waals surface area contributed by atoms with Crippen LogP contribution >= 0.6 is 0 Å². The Labute approximate surface area is 158 Å². The number of hydrogen-bond acceptors (Lipinski definition) is 5. The summed E-state index contributed by atoms with van der Waals surface area (Å²) in [5.41, 5.74) is 1.52. The Morgan fingerprint density at radius 1 is 1.21 bits per heavy atom. The number of H-pyrrole nitrogens is 2. The number of nitrogens with one attached hydrogen (secondary N) is 3. The lowest BCUT2D eigenvalue weighted by molar-refractivity contribution is 0.147. The van der Waals surface area contributed by atoms with E-state index >= 15 is 0 Å². The van der Waals surface area contributed by atoms with Crippen LogP contribution in [-0.2, 0) is 16.4 Å². The maximum atomic E-state index is 12.8. The van der Waals surface area contributed by atoms with Gasteiger partial charge in [-0.1, -0.05) is 12.1 Å². The summed E-state index contributed by atoms with van der Waals surface area (Å²) in [5, 5.41) is 1.43. The standard InChI is InChI=1S/C17H15F2N5O3S/c1-27-16-10(6-13(18)19)7-22-17(23-16)24-28(25,26)12-8-21-15-11(12)3-2-9-4-5-20-14(9)15/h2-5,7-8,13,20-21H,6H2,1H3,(H,22,23,24). The van der Waals surface area contributed by atoms with Gasteiger partial charge in [0.15, 0.2) is 0 Å². The van der Waals surface area contributed by atoms with Crippen LogP contribution in [0.1, 0.15) is 5.56 Å². The van der Waals surface area contributed by atoms with Gasteiger partial charge in [0.05, 0.1) is 18.1 Å². The minimum absolute atomic E-state index is 0.0122. The number of anilines is 1. The molecule has 3 heterocycles. The fraction of sp³-hybridized carbons (Fsp3) is 0.176. The van der Waals surface area contributed by atoms with Crippen molar-refractivity contribution in [1.29, 1.82) is 0 Å². The number of hydrogen-bond donors (Lipinski definition) is 3. The van der Waals surface area contributed by atoms with E-state index in [2.05, 4.69) is 24.7 Å². The highest BCUT2D eigenvalue weighted by Gasteiger charge is 2.22. The number of fused-ring (bicyclic) bond motifs is 3. The molecule has 3 aromatic heterocycles. The molecule has 8 nitrogen and oxygen atoms in total. The van der Waals surface area contributed by atoms with Gasteiger partial charge in [0, 0.05) is 41.3 Å². The molecule has 146 valence electrons. The maximum absolute atomic E-state index is 12.8. The molecular weight excluding hydrogens is 392 g/mol. The van der Waals surface area contributed by atoms with Crippen LogP contribution in [0.25, 0.3) is 21.8 Å². The molecule has 4 aromatic rings. The van der Waals surface area contributed by atoms with Gasteiger partial charge in [-0.2, -0.15) is 4.98 Å². The van der Waals surface area contributed by atoms with Crippen LogP contribution in [0.15, 0.2) is 41.7 Å². The summed E-state index contributed by atoms with van der Waals surface area (Å²) in [6, 6.07) is 5.38. The molecule has 3 N–H and O–H groups in total. The van der Waals surface area contributed by atoms with Crippen molar-refractivity contribution in [2.75, 3.05) is 11.8 Å². The first-order valence-electron chi connectivity index (χ1n) is 8.17. The van der Waals surface area contributed by atoms with Gasteiger partial charge in [-0.15, -0.1) is 0 Å². The van der Waals surface area contributed by atoms with Crippen LogP contribution in [0.4, 0.5) is 14.7 Å². The molecule has 0 fully saturated rings. The highest BCUT2D eigenvalue weighted by atomic mass is 32.2. The van der Waals surface area contributed by atoms with Gasteiger partial charge in [0.1, 0.15) is 4.90 Å². The lowest BCUT2D eigenvalue weighted by Gasteiger charge is -2.10. The van der Waals surface area contributed by atoms with Gasteiger partial charge in [-0.3, -0.25) is 0 Å². The van der Waals surface area contributed by atoms with Crippen molar-refractivity contribution in [3.63, 3.8) is 0 Å². The minimum atomic E-state index is -4.03. The Morgan fingerprint density at radius 2 is 2.04 bits per heavy atom. The van der Waals surface area contributed by atoms with E-state index in [-0.39, 0.29) is 22.3 Å². The molecule has 1 aromatic carbocycles. The van der Waals surface area contributed by atoms with Crippen molar-refractivity contribution in [3.8, 4) is 5.88 Å². The first kappa shape index (κ1) is 18.2. The number of sulfonamides is 1. The Bertz CT molecular complexity index is 1270. The monoisotopic (exact) mass is 407 g/mol.